The number of furan rings is 1. The lowest BCUT2D eigenvalue weighted by molar-refractivity contribution is 0.669. The zero-order valence-electron chi connectivity index (χ0n) is 23.6. The first-order valence-corrected chi connectivity index (χ1v) is 14.6. The molecule has 0 saturated carbocycles. The second-order valence-corrected chi connectivity index (χ2v) is 10.9. The highest BCUT2D eigenvalue weighted by molar-refractivity contribution is 6.16. The number of nitrogens with zero attached hydrogens (tertiary/aromatic N) is 4. The van der Waals surface area contributed by atoms with E-state index in [0.717, 1.165) is 66.0 Å². The smallest absolute Gasteiger partial charge is 0.238 e. The van der Waals surface area contributed by atoms with Crippen LogP contribution in [-0.4, -0.2) is 19.5 Å². The molecule has 9 aromatic rings. The molecule has 0 aliphatic heterocycles. The number of aromatic nitrogens is 4. The zero-order chi connectivity index (χ0) is 29.0. The van der Waals surface area contributed by atoms with Gasteiger partial charge in [0.05, 0.1) is 11.0 Å². The molecule has 206 valence electrons. The maximum atomic E-state index is 6.28. The van der Waals surface area contributed by atoms with Gasteiger partial charge < -0.3 is 4.42 Å². The van der Waals surface area contributed by atoms with Crippen LogP contribution in [-0.2, 0) is 0 Å². The molecule has 0 aliphatic carbocycles. The lowest BCUT2D eigenvalue weighted by Crippen LogP contribution is -2.06. The molecular weight excluding hydrogens is 540 g/mol. The van der Waals surface area contributed by atoms with Crippen molar-refractivity contribution in [3.63, 3.8) is 0 Å². The summed E-state index contributed by atoms with van der Waals surface area (Å²) >= 11 is 0. The monoisotopic (exact) mass is 564 g/mol. The molecule has 0 N–H and O–H groups in total. The van der Waals surface area contributed by atoms with Crippen LogP contribution >= 0.6 is 0 Å². The van der Waals surface area contributed by atoms with Crippen LogP contribution in [0.4, 0.5) is 0 Å². The fourth-order valence-corrected chi connectivity index (χ4v) is 6.18. The van der Waals surface area contributed by atoms with E-state index in [4.69, 9.17) is 19.4 Å². The van der Waals surface area contributed by atoms with Gasteiger partial charge in [0.2, 0.25) is 5.95 Å². The molecule has 0 saturated heterocycles. The Hall–Kier alpha value is -6.07. The van der Waals surface area contributed by atoms with Crippen molar-refractivity contribution in [2.45, 2.75) is 0 Å². The fourth-order valence-electron chi connectivity index (χ4n) is 6.18. The molecule has 0 fully saturated rings. The van der Waals surface area contributed by atoms with Gasteiger partial charge in [-0.3, -0.25) is 4.57 Å². The summed E-state index contributed by atoms with van der Waals surface area (Å²) in [5.74, 6) is 1.81. The van der Waals surface area contributed by atoms with Crippen molar-refractivity contribution in [3.05, 3.63) is 146 Å². The molecule has 3 heterocycles. The number of benzene rings is 6. The molecular formula is C39H24N4O. The van der Waals surface area contributed by atoms with Gasteiger partial charge >= 0.3 is 0 Å². The van der Waals surface area contributed by atoms with E-state index >= 15 is 0 Å². The third-order valence-electron chi connectivity index (χ3n) is 8.25. The maximum absolute atomic E-state index is 6.28. The predicted octanol–water partition coefficient (Wildman–Crippen LogP) is 9.87. The normalized spacial score (nSPS) is 11.6. The van der Waals surface area contributed by atoms with Crippen molar-refractivity contribution < 1.29 is 4.42 Å². The Morgan fingerprint density at radius 3 is 1.84 bits per heavy atom. The third-order valence-corrected chi connectivity index (χ3v) is 8.25. The Bertz CT molecular complexity index is 2490. The zero-order valence-corrected chi connectivity index (χ0v) is 23.6. The number of hydrogen-bond donors (Lipinski definition) is 0. The van der Waals surface area contributed by atoms with E-state index in [-0.39, 0.29) is 0 Å². The second kappa shape index (κ2) is 9.75. The topological polar surface area (TPSA) is 56.7 Å². The van der Waals surface area contributed by atoms with Crippen molar-refractivity contribution in [2.24, 2.45) is 0 Å². The van der Waals surface area contributed by atoms with E-state index < -0.39 is 0 Å². The van der Waals surface area contributed by atoms with E-state index in [1.165, 1.54) is 0 Å². The van der Waals surface area contributed by atoms with Crippen molar-refractivity contribution in [3.8, 4) is 39.9 Å². The second-order valence-electron chi connectivity index (χ2n) is 10.9. The Balaban J connectivity index is 1.34. The van der Waals surface area contributed by atoms with Crippen LogP contribution < -0.4 is 0 Å². The first kappa shape index (κ1) is 24.5. The summed E-state index contributed by atoms with van der Waals surface area (Å²) in [5.41, 5.74) is 7.88. The molecule has 0 aliphatic rings. The summed E-state index contributed by atoms with van der Waals surface area (Å²) in [6.45, 7) is 0. The van der Waals surface area contributed by atoms with E-state index in [2.05, 4.69) is 95.6 Å². The van der Waals surface area contributed by atoms with Gasteiger partial charge in [-0.25, -0.2) is 4.98 Å². The number of rotatable bonds is 4. The van der Waals surface area contributed by atoms with Gasteiger partial charge in [0.25, 0.3) is 0 Å². The van der Waals surface area contributed by atoms with Gasteiger partial charge in [0.15, 0.2) is 11.6 Å². The standard InChI is InChI=1S/C39H24N4O/c1-3-12-25(13-4-1)27-16-11-17-28(22-27)38-40-37(26-14-5-2-6-15-26)41-39(42-38)43-33-20-9-7-18-29(33)31-24-36-32(23-34(31)43)30-19-8-10-21-35(30)44-36/h1-24H. The van der Waals surface area contributed by atoms with Gasteiger partial charge in [-0.2, -0.15) is 9.97 Å². The lowest BCUT2D eigenvalue weighted by atomic mass is 10.0. The van der Waals surface area contributed by atoms with Gasteiger partial charge in [-0.1, -0.05) is 115 Å². The number of para-hydroxylation sites is 2. The third kappa shape index (κ3) is 3.91. The van der Waals surface area contributed by atoms with Crippen LogP contribution in [0.15, 0.2) is 150 Å². The Morgan fingerprint density at radius 1 is 0.386 bits per heavy atom. The summed E-state index contributed by atoms with van der Waals surface area (Å²) in [6, 6.07) is 49.8. The first-order chi connectivity index (χ1) is 21.8. The lowest BCUT2D eigenvalue weighted by Gasteiger charge is -2.11. The van der Waals surface area contributed by atoms with E-state index in [0.29, 0.717) is 17.6 Å². The molecule has 0 radical (unpaired) electrons. The summed E-state index contributed by atoms with van der Waals surface area (Å²) in [7, 11) is 0. The predicted molar refractivity (Wildman–Crippen MR) is 178 cm³/mol. The van der Waals surface area contributed by atoms with Gasteiger partial charge in [0, 0.05) is 32.7 Å². The minimum Gasteiger partial charge on any atom is -0.456 e. The Labute approximate surface area is 252 Å². The Kier molecular flexibility index (Phi) is 5.43. The van der Waals surface area contributed by atoms with Gasteiger partial charge in [-0.15, -0.1) is 0 Å². The molecule has 9 rings (SSSR count). The van der Waals surface area contributed by atoms with Gasteiger partial charge in [-0.05, 0) is 41.5 Å². The van der Waals surface area contributed by atoms with Crippen molar-refractivity contribution in [1.29, 1.82) is 0 Å². The highest BCUT2D eigenvalue weighted by Gasteiger charge is 2.20. The highest BCUT2D eigenvalue weighted by Crippen LogP contribution is 2.38. The molecule has 0 unspecified atom stereocenters. The summed E-state index contributed by atoms with van der Waals surface area (Å²) in [5, 5.41) is 4.34. The minimum absolute atomic E-state index is 0.567. The molecule has 6 aromatic carbocycles. The van der Waals surface area contributed by atoms with E-state index in [9.17, 15) is 0 Å². The highest BCUT2D eigenvalue weighted by atomic mass is 16.3. The summed E-state index contributed by atoms with van der Waals surface area (Å²) in [6.07, 6.45) is 0. The summed E-state index contributed by atoms with van der Waals surface area (Å²) in [4.78, 5) is 15.3. The molecule has 0 atom stereocenters. The molecule has 5 nitrogen and oxygen atoms in total. The van der Waals surface area contributed by atoms with Crippen LogP contribution in [0.3, 0.4) is 0 Å². The minimum atomic E-state index is 0.567. The van der Waals surface area contributed by atoms with Crippen LogP contribution in [0.2, 0.25) is 0 Å². The first-order valence-electron chi connectivity index (χ1n) is 14.6. The average Bonchev–Trinajstić information content (AvgIpc) is 3.63. The van der Waals surface area contributed by atoms with Crippen LogP contribution in [0, 0.1) is 0 Å². The molecule has 0 amide bonds. The molecule has 3 aromatic heterocycles. The molecule has 44 heavy (non-hydrogen) atoms. The SMILES string of the molecule is c1ccc(-c2cccc(-c3nc(-c4ccccc4)nc(-n4c5ccccc5c5cc6oc7ccccc7c6cc54)n3)c2)cc1. The van der Waals surface area contributed by atoms with Crippen LogP contribution in [0.1, 0.15) is 0 Å². The maximum Gasteiger partial charge on any atom is 0.238 e. The van der Waals surface area contributed by atoms with Crippen molar-refractivity contribution >= 4 is 43.7 Å². The largest absolute Gasteiger partial charge is 0.456 e. The van der Waals surface area contributed by atoms with Crippen molar-refractivity contribution in [1.82, 2.24) is 19.5 Å². The average molecular weight is 565 g/mol. The quantitative estimate of drug-likeness (QED) is 0.213. The molecule has 0 spiro atoms. The molecule has 5 heteroatoms. The number of fused-ring (bicyclic) bond motifs is 6. The van der Waals surface area contributed by atoms with E-state index in [1.807, 2.05) is 54.6 Å². The Morgan fingerprint density at radius 2 is 1.02 bits per heavy atom. The summed E-state index contributed by atoms with van der Waals surface area (Å²) < 4.78 is 8.43. The van der Waals surface area contributed by atoms with Crippen LogP contribution in [0.5, 0.6) is 0 Å². The van der Waals surface area contributed by atoms with E-state index in [1.54, 1.807) is 0 Å². The van der Waals surface area contributed by atoms with Crippen molar-refractivity contribution in [2.75, 3.05) is 0 Å². The molecule has 0 bridgehead atoms. The number of hydrogen-bond acceptors (Lipinski definition) is 4. The fraction of sp³-hybridized carbons (Fsp3) is 0. The van der Waals surface area contributed by atoms with Crippen LogP contribution in [0.25, 0.3) is 83.6 Å². The van der Waals surface area contributed by atoms with Gasteiger partial charge in [0.1, 0.15) is 11.2 Å².